The molecule has 1 saturated carbocycles. The molecule has 3 N–H and O–H groups in total. The van der Waals surface area contributed by atoms with Crippen LogP contribution in [0.2, 0.25) is 0 Å². The van der Waals surface area contributed by atoms with Crippen LogP contribution in [0.5, 0.6) is 5.75 Å². The lowest BCUT2D eigenvalue weighted by Crippen LogP contribution is -2.21. The van der Waals surface area contributed by atoms with Crippen molar-refractivity contribution in [2.75, 3.05) is 20.3 Å². The maximum atomic E-state index is 12.8. The van der Waals surface area contributed by atoms with Gasteiger partial charge in [0.25, 0.3) is 0 Å². The number of methoxy groups -OCH3 is 1. The number of aliphatic hydroxyl groups is 3. The number of aliphatic hydroxyl groups excluding tert-OH is 3. The zero-order valence-corrected chi connectivity index (χ0v) is 19.2. The summed E-state index contributed by atoms with van der Waals surface area (Å²) in [7, 11) is 1.35. The number of allylic oxidation sites excluding steroid dienone is 2. The third kappa shape index (κ3) is 8.77. The standard InChI is InChI=1S/C25H33F3O6/c1-33-24(32)10-5-3-2-4-9-21-17(15-29)13-23(31)22(21)12-11-19(30)16-34-20-8-6-7-18(14-20)25(26,27)28/h2,4,6-8,11-12,14,17,19,21-23,29-31H,3,5,9-10,13,15-16H2,1H3/b4-2-,12-11+/t17-,19-,21+,22-,23-/m1/s1. The van der Waals surface area contributed by atoms with E-state index < -0.39 is 23.9 Å². The van der Waals surface area contributed by atoms with Gasteiger partial charge in [0.2, 0.25) is 0 Å². The molecule has 190 valence electrons. The van der Waals surface area contributed by atoms with Crippen molar-refractivity contribution in [3.8, 4) is 5.75 Å². The zero-order valence-electron chi connectivity index (χ0n) is 19.2. The fraction of sp³-hybridized carbons (Fsp3) is 0.560. The second-order valence-electron chi connectivity index (χ2n) is 8.45. The molecule has 0 unspecified atom stereocenters. The molecular formula is C25H33F3O6. The van der Waals surface area contributed by atoms with Crippen molar-refractivity contribution >= 4 is 5.97 Å². The third-order valence-corrected chi connectivity index (χ3v) is 6.01. The Hall–Kier alpha value is -2.36. The van der Waals surface area contributed by atoms with Gasteiger partial charge in [-0.25, -0.2) is 0 Å². The highest BCUT2D eigenvalue weighted by molar-refractivity contribution is 5.69. The number of carbonyl (C=O) groups excluding carboxylic acids is 1. The fourth-order valence-corrected chi connectivity index (χ4v) is 4.17. The molecule has 0 aliphatic heterocycles. The normalized spacial score (nSPS) is 24.1. The molecule has 1 aliphatic rings. The summed E-state index contributed by atoms with van der Waals surface area (Å²) >= 11 is 0. The Balaban J connectivity index is 1.90. The SMILES string of the molecule is COC(=O)CCC/C=C\C[C@H]1[C@@H](CO)C[C@@H](O)[C@@H]1/C=C/[C@@H](O)COc1cccc(C(F)(F)F)c1. The summed E-state index contributed by atoms with van der Waals surface area (Å²) in [5.74, 6) is -0.681. The van der Waals surface area contributed by atoms with Crippen LogP contribution >= 0.6 is 0 Å². The summed E-state index contributed by atoms with van der Waals surface area (Å²) in [5, 5.41) is 30.4. The number of ether oxygens (including phenoxy) is 2. The zero-order chi connectivity index (χ0) is 25.1. The minimum atomic E-state index is -4.48. The van der Waals surface area contributed by atoms with Crippen LogP contribution in [0.25, 0.3) is 0 Å². The summed E-state index contributed by atoms with van der Waals surface area (Å²) < 4.78 is 48.3. The van der Waals surface area contributed by atoms with E-state index in [0.717, 1.165) is 12.1 Å². The van der Waals surface area contributed by atoms with Crippen LogP contribution in [0.4, 0.5) is 13.2 Å². The summed E-state index contributed by atoms with van der Waals surface area (Å²) in [6.45, 7) is -0.307. The van der Waals surface area contributed by atoms with Gasteiger partial charge in [0, 0.05) is 18.9 Å². The van der Waals surface area contributed by atoms with E-state index in [1.54, 1.807) is 6.08 Å². The van der Waals surface area contributed by atoms with Gasteiger partial charge in [-0.2, -0.15) is 13.2 Å². The Morgan fingerprint density at radius 1 is 1.29 bits per heavy atom. The third-order valence-electron chi connectivity index (χ3n) is 6.01. The topological polar surface area (TPSA) is 96.2 Å². The maximum absolute atomic E-state index is 12.8. The van der Waals surface area contributed by atoms with Crippen molar-refractivity contribution in [2.24, 2.45) is 17.8 Å². The number of rotatable bonds is 12. The first-order chi connectivity index (χ1) is 16.2. The Bertz CT molecular complexity index is 823. The molecule has 1 aliphatic carbocycles. The first-order valence-electron chi connectivity index (χ1n) is 11.3. The van der Waals surface area contributed by atoms with Crippen molar-refractivity contribution in [1.82, 2.24) is 0 Å². The maximum Gasteiger partial charge on any atom is 0.416 e. The highest BCUT2D eigenvalue weighted by Crippen LogP contribution is 2.40. The van der Waals surface area contributed by atoms with Crippen LogP contribution in [0, 0.1) is 17.8 Å². The van der Waals surface area contributed by atoms with E-state index in [1.807, 2.05) is 12.2 Å². The molecular weight excluding hydrogens is 453 g/mol. The molecule has 1 fully saturated rings. The molecule has 9 heteroatoms. The van der Waals surface area contributed by atoms with Crippen LogP contribution in [-0.4, -0.2) is 53.8 Å². The first kappa shape index (κ1) is 27.9. The average Bonchev–Trinajstić information content (AvgIpc) is 3.12. The van der Waals surface area contributed by atoms with E-state index in [1.165, 1.54) is 25.3 Å². The molecule has 1 aromatic carbocycles. The van der Waals surface area contributed by atoms with E-state index >= 15 is 0 Å². The quantitative estimate of drug-likeness (QED) is 0.236. The number of esters is 1. The van der Waals surface area contributed by atoms with Crippen molar-refractivity contribution in [2.45, 2.75) is 50.5 Å². The predicted molar refractivity (Wildman–Crippen MR) is 120 cm³/mol. The largest absolute Gasteiger partial charge is 0.491 e. The number of hydrogen-bond donors (Lipinski definition) is 3. The van der Waals surface area contributed by atoms with E-state index in [2.05, 4.69) is 4.74 Å². The molecule has 5 atom stereocenters. The highest BCUT2D eigenvalue weighted by Gasteiger charge is 2.40. The van der Waals surface area contributed by atoms with Gasteiger partial charge in [0.1, 0.15) is 18.5 Å². The van der Waals surface area contributed by atoms with Gasteiger partial charge in [-0.05, 0) is 55.7 Å². The Morgan fingerprint density at radius 3 is 2.74 bits per heavy atom. The molecule has 34 heavy (non-hydrogen) atoms. The van der Waals surface area contributed by atoms with E-state index in [9.17, 15) is 33.3 Å². The van der Waals surface area contributed by atoms with Crippen molar-refractivity contribution in [1.29, 1.82) is 0 Å². The lowest BCUT2D eigenvalue weighted by Gasteiger charge is -2.21. The predicted octanol–water partition coefficient (Wildman–Crippen LogP) is 3.90. The van der Waals surface area contributed by atoms with Gasteiger partial charge in [-0.1, -0.05) is 30.4 Å². The molecule has 0 saturated heterocycles. The monoisotopic (exact) mass is 486 g/mol. The average molecular weight is 487 g/mol. The van der Waals surface area contributed by atoms with Gasteiger partial charge >= 0.3 is 12.1 Å². The number of alkyl halides is 3. The molecule has 0 radical (unpaired) electrons. The minimum absolute atomic E-state index is 0.00117. The summed E-state index contributed by atoms with van der Waals surface area (Å²) in [4.78, 5) is 11.1. The highest BCUT2D eigenvalue weighted by atomic mass is 19.4. The molecule has 0 bridgehead atoms. The molecule has 1 aromatic rings. The van der Waals surface area contributed by atoms with Gasteiger partial charge in [0.05, 0.1) is 18.8 Å². The van der Waals surface area contributed by atoms with Crippen LogP contribution in [-0.2, 0) is 15.7 Å². The van der Waals surface area contributed by atoms with E-state index in [0.29, 0.717) is 32.1 Å². The first-order valence-corrected chi connectivity index (χ1v) is 11.3. The van der Waals surface area contributed by atoms with Crippen molar-refractivity contribution in [3.05, 3.63) is 54.1 Å². The van der Waals surface area contributed by atoms with Gasteiger partial charge < -0.3 is 24.8 Å². The molecule has 2 rings (SSSR count). The summed E-state index contributed by atoms with van der Waals surface area (Å²) in [5.41, 5.74) is -0.833. The lowest BCUT2D eigenvalue weighted by molar-refractivity contribution is -0.140. The lowest BCUT2D eigenvalue weighted by atomic mass is 9.86. The Kier molecular flexibility index (Phi) is 11.1. The Morgan fingerprint density at radius 2 is 2.06 bits per heavy atom. The Labute approximate surface area is 197 Å². The van der Waals surface area contributed by atoms with Crippen LogP contribution in [0.1, 0.15) is 37.7 Å². The van der Waals surface area contributed by atoms with Crippen LogP contribution in [0.15, 0.2) is 48.6 Å². The van der Waals surface area contributed by atoms with Crippen LogP contribution in [0.3, 0.4) is 0 Å². The summed E-state index contributed by atoms with van der Waals surface area (Å²) in [6.07, 6.45) is 3.62. The number of unbranched alkanes of at least 4 members (excludes halogenated alkanes) is 1. The van der Waals surface area contributed by atoms with Gasteiger partial charge in [0.15, 0.2) is 0 Å². The van der Waals surface area contributed by atoms with Crippen molar-refractivity contribution in [3.63, 3.8) is 0 Å². The van der Waals surface area contributed by atoms with E-state index in [-0.39, 0.29) is 42.7 Å². The number of hydrogen-bond acceptors (Lipinski definition) is 6. The van der Waals surface area contributed by atoms with Crippen molar-refractivity contribution < 1.29 is 42.8 Å². The second kappa shape index (κ2) is 13.5. The van der Waals surface area contributed by atoms with E-state index in [4.69, 9.17) is 4.74 Å². The number of benzene rings is 1. The second-order valence-corrected chi connectivity index (χ2v) is 8.45. The molecule has 0 spiro atoms. The molecule has 0 aromatic heterocycles. The minimum Gasteiger partial charge on any atom is -0.491 e. The molecule has 0 amide bonds. The smallest absolute Gasteiger partial charge is 0.416 e. The van der Waals surface area contributed by atoms with Crippen LogP contribution < -0.4 is 4.74 Å². The number of halogens is 3. The number of carbonyl (C=O) groups is 1. The molecule has 0 heterocycles. The summed E-state index contributed by atoms with van der Waals surface area (Å²) in [6, 6.07) is 4.43. The molecule has 6 nitrogen and oxygen atoms in total. The fourth-order valence-electron chi connectivity index (χ4n) is 4.17. The van der Waals surface area contributed by atoms with Gasteiger partial charge in [-0.15, -0.1) is 0 Å². The van der Waals surface area contributed by atoms with Gasteiger partial charge in [-0.3, -0.25) is 4.79 Å².